The van der Waals surface area contributed by atoms with Crippen LogP contribution in [0.4, 0.5) is 5.95 Å². The standard InChI is InChI=1S/C9H15ClN4O3S/c1-6(2)14(3)18(15,16)13-9-11-7(10)5-8(12-9)17-4/h5-6H,1-4H3,(H,11,12,13). The van der Waals surface area contributed by atoms with E-state index in [9.17, 15) is 8.42 Å². The maximum atomic E-state index is 11.9. The summed E-state index contributed by atoms with van der Waals surface area (Å²) >= 11 is 5.72. The number of hydrogen-bond acceptors (Lipinski definition) is 5. The molecule has 0 radical (unpaired) electrons. The lowest BCUT2D eigenvalue weighted by molar-refractivity contribution is 0.397. The van der Waals surface area contributed by atoms with Gasteiger partial charge in [0.25, 0.3) is 0 Å². The van der Waals surface area contributed by atoms with Crippen molar-refractivity contribution in [1.29, 1.82) is 0 Å². The fraction of sp³-hybridized carbons (Fsp3) is 0.556. The van der Waals surface area contributed by atoms with Crippen LogP contribution in [0.5, 0.6) is 5.88 Å². The molecule has 9 heteroatoms. The summed E-state index contributed by atoms with van der Waals surface area (Å²) in [5, 5.41) is 0.0896. The summed E-state index contributed by atoms with van der Waals surface area (Å²) < 4.78 is 32.1. The van der Waals surface area contributed by atoms with Crippen LogP contribution in [-0.4, -0.2) is 42.9 Å². The molecule has 18 heavy (non-hydrogen) atoms. The van der Waals surface area contributed by atoms with Crippen molar-refractivity contribution < 1.29 is 13.2 Å². The Morgan fingerprint density at radius 3 is 2.56 bits per heavy atom. The highest BCUT2D eigenvalue weighted by Gasteiger charge is 2.21. The fourth-order valence-electron chi connectivity index (χ4n) is 1.01. The van der Waals surface area contributed by atoms with Gasteiger partial charge in [-0.3, -0.25) is 0 Å². The Bertz CT molecular complexity index is 521. The Balaban J connectivity index is 3.01. The van der Waals surface area contributed by atoms with E-state index in [0.717, 1.165) is 4.31 Å². The zero-order chi connectivity index (χ0) is 13.9. The van der Waals surface area contributed by atoms with Crippen molar-refractivity contribution in [3.8, 4) is 5.88 Å². The molecule has 0 aliphatic heterocycles. The van der Waals surface area contributed by atoms with E-state index in [4.69, 9.17) is 16.3 Å². The van der Waals surface area contributed by atoms with Gasteiger partial charge in [-0.05, 0) is 13.8 Å². The normalized spacial score (nSPS) is 11.9. The van der Waals surface area contributed by atoms with E-state index in [-0.39, 0.29) is 23.0 Å². The largest absolute Gasteiger partial charge is 0.481 e. The number of nitrogens with one attached hydrogen (secondary N) is 1. The first-order chi connectivity index (χ1) is 8.26. The molecule has 0 aliphatic rings. The highest BCUT2D eigenvalue weighted by Crippen LogP contribution is 2.17. The summed E-state index contributed by atoms with van der Waals surface area (Å²) in [5.41, 5.74) is 0. The van der Waals surface area contributed by atoms with Crippen LogP contribution in [0, 0.1) is 0 Å². The Labute approximate surface area is 111 Å². The van der Waals surface area contributed by atoms with Crippen molar-refractivity contribution in [2.24, 2.45) is 0 Å². The first-order valence-electron chi connectivity index (χ1n) is 5.10. The quantitative estimate of drug-likeness (QED) is 0.823. The first-order valence-corrected chi connectivity index (χ1v) is 6.92. The van der Waals surface area contributed by atoms with E-state index in [0.29, 0.717) is 0 Å². The van der Waals surface area contributed by atoms with Gasteiger partial charge in [-0.15, -0.1) is 0 Å². The number of halogens is 1. The molecule has 0 spiro atoms. The van der Waals surface area contributed by atoms with E-state index in [1.807, 2.05) is 0 Å². The van der Waals surface area contributed by atoms with Gasteiger partial charge in [-0.2, -0.15) is 17.7 Å². The molecule has 0 bridgehead atoms. The van der Waals surface area contributed by atoms with Crippen LogP contribution in [0.1, 0.15) is 13.8 Å². The van der Waals surface area contributed by atoms with Crippen molar-refractivity contribution in [2.45, 2.75) is 19.9 Å². The minimum absolute atomic E-state index is 0.0896. The summed E-state index contributed by atoms with van der Waals surface area (Å²) in [6.45, 7) is 3.50. The van der Waals surface area contributed by atoms with Gasteiger partial charge in [0, 0.05) is 19.2 Å². The van der Waals surface area contributed by atoms with Crippen molar-refractivity contribution in [1.82, 2.24) is 14.3 Å². The third-order valence-corrected chi connectivity index (χ3v) is 4.02. The molecule has 1 N–H and O–H groups in total. The van der Waals surface area contributed by atoms with Crippen molar-refractivity contribution in [2.75, 3.05) is 18.9 Å². The summed E-state index contributed by atoms with van der Waals surface area (Å²) in [6.07, 6.45) is 0. The molecule has 7 nitrogen and oxygen atoms in total. The summed E-state index contributed by atoms with van der Waals surface area (Å²) in [4.78, 5) is 7.61. The molecule has 1 aromatic rings. The molecular formula is C9H15ClN4O3S. The molecule has 0 aliphatic carbocycles. The molecule has 102 valence electrons. The third-order valence-electron chi connectivity index (χ3n) is 2.21. The molecular weight excluding hydrogens is 280 g/mol. The van der Waals surface area contributed by atoms with Crippen molar-refractivity contribution in [3.63, 3.8) is 0 Å². The predicted molar refractivity (Wildman–Crippen MR) is 69.0 cm³/mol. The molecule has 0 saturated carbocycles. The zero-order valence-corrected chi connectivity index (χ0v) is 12.1. The topological polar surface area (TPSA) is 84.4 Å². The van der Waals surface area contributed by atoms with Crippen molar-refractivity contribution in [3.05, 3.63) is 11.2 Å². The van der Waals surface area contributed by atoms with Gasteiger partial charge in [0.2, 0.25) is 11.8 Å². The number of ether oxygens (including phenoxy) is 1. The van der Waals surface area contributed by atoms with Crippen molar-refractivity contribution >= 4 is 27.8 Å². The van der Waals surface area contributed by atoms with E-state index >= 15 is 0 Å². The highest BCUT2D eigenvalue weighted by atomic mass is 35.5. The predicted octanol–water partition coefficient (Wildman–Crippen LogP) is 1.14. The zero-order valence-electron chi connectivity index (χ0n) is 10.5. The lowest BCUT2D eigenvalue weighted by Crippen LogP contribution is -2.37. The molecule has 0 saturated heterocycles. The number of rotatable bonds is 5. The van der Waals surface area contributed by atoms with Crippen LogP contribution in [-0.2, 0) is 10.2 Å². The van der Waals surface area contributed by atoms with E-state index in [2.05, 4.69) is 14.7 Å². The molecule has 1 rings (SSSR count). The number of hydrogen-bond donors (Lipinski definition) is 1. The van der Waals surface area contributed by atoms with Crippen LogP contribution in [0.25, 0.3) is 0 Å². The molecule has 1 heterocycles. The fourth-order valence-corrected chi connectivity index (χ4v) is 2.21. The summed E-state index contributed by atoms with van der Waals surface area (Å²) in [7, 11) is -0.857. The second-order valence-electron chi connectivity index (χ2n) is 3.77. The van der Waals surface area contributed by atoms with Crippen LogP contribution >= 0.6 is 11.6 Å². The monoisotopic (exact) mass is 294 g/mol. The summed E-state index contributed by atoms with van der Waals surface area (Å²) in [6, 6.07) is 1.19. The van der Waals surface area contributed by atoms with E-state index < -0.39 is 10.2 Å². The summed E-state index contributed by atoms with van der Waals surface area (Å²) in [5.74, 6) is 0.0479. The lowest BCUT2D eigenvalue weighted by Gasteiger charge is -2.20. The van der Waals surface area contributed by atoms with Crippen LogP contribution in [0.2, 0.25) is 5.15 Å². The maximum Gasteiger partial charge on any atom is 0.303 e. The Hall–Kier alpha value is -1.12. The third kappa shape index (κ3) is 3.69. The highest BCUT2D eigenvalue weighted by molar-refractivity contribution is 7.90. The van der Waals surface area contributed by atoms with E-state index in [1.165, 1.54) is 20.2 Å². The van der Waals surface area contributed by atoms with E-state index in [1.54, 1.807) is 13.8 Å². The van der Waals surface area contributed by atoms with Gasteiger partial charge in [0.05, 0.1) is 7.11 Å². The van der Waals surface area contributed by atoms with Gasteiger partial charge in [-0.25, -0.2) is 9.71 Å². The molecule has 0 fully saturated rings. The molecule has 1 aromatic heterocycles. The smallest absolute Gasteiger partial charge is 0.303 e. The van der Waals surface area contributed by atoms with Gasteiger partial charge in [0.15, 0.2) is 0 Å². The number of methoxy groups -OCH3 is 1. The van der Waals surface area contributed by atoms with Crippen LogP contribution in [0.15, 0.2) is 6.07 Å². The van der Waals surface area contributed by atoms with Crippen LogP contribution < -0.4 is 9.46 Å². The molecule has 0 atom stereocenters. The number of nitrogens with zero attached hydrogens (tertiary/aromatic N) is 3. The van der Waals surface area contributed by atoms with Gasteiger partial charge >= 0.3 is 10.2 Å². The lowest BCUT2D eigenvalue weighted by atomic mass is 10.4. The minimum Gasteiger partial charge on any atom is -0.481 e. The Morgan fingerprint density at radius 1 is 1.44 bits per heavy atom. The minimum atomic E-state index is -3.71. The molecule has 0 aromatic carbocycles. The molecule has 0 amide bonds. The Morgan fingerprint density at radius 2 is 2.06 bits per heavy atom. The Kier molecular flexibility index (Phi) is 4.71. The second-order valence-corrected chi connectivity index (χ2v) is 5.89. The maximum absolute atomic E-state index is 11.9. The van der Waals surface area contributed by atoms with Gasteiger partial charge < -0.3 is 4.74 Å². The molecule has 0 unspecified atom stereocenters. The SMILES string of the molecule is COc1cc(Cl)nc(NS(=O)(=O)N(C)C(C)C)n1. The van der Waals surface area contributed by atoms with Gasteiger partial charge in [0.1, 0.15) is 5.15 Å². The number of aromatic nitrogens is 2. The number of anilines is 1. The van der Waals surface area contributed by atoms with Crippen LogP contribution in [0.3, 0.4) is 0 Å². The first kappa shape index (κ1) is 14.9. The average Bonchev–Trinajstić information content (AvgIpc) is 2.26. The van der Waals surface area contributed by atoms with Gasteiger partial charge in [-0.1, -0.05) is 11.6 Å². The second kappa shape index (κ2) is 5.68. The average molecular weight is 295 g/mol.